The molecule has 1 N–H and O–H groups in total. The summed E-state index contributed by atoms with van der Waals surface area (Å²) in [7, 11) is 1.61. The predicted octanol–water partition coefficient (Wildman–Crippen LogP) is 2.90. The fraction of sp³-hybridized carbons (Fsp3) is 0.154. The summed E-state index contributed by atoms with van der Waals surface area (Å²) in [5, 5.41) is 9.74. The molecule has 0 aliphatic heterocycles. The van der Waals surface area contributed by atoms with E-state index in [1.165, 1.54) is 0 Å². The van der Waals surface area contributed by atoms with Crippen molar-refractivity contribution in [3.05, 3.63) is 47.2 Å². The Balaban J connectivity index is 2.55. The van der Waals surface area contributed by atoms with E-state index in [0.717, 1.165) is 22.4 Å². The molecule has 0 atom stereocenters. The van der Waals surface area contributed by atoms with E-state index in [9.17, 15) is 0 Å². The number of ether oxygens (including phenoxy) is 1. The van der Waals surface area contributed by atoms with Gasteiger partial charge in [0.05, 0.1) is 13.7 Å². The summed E-state index contributed by atoms with van der Waals surface area (Å²) in [4.78, 5) is 4.07. The van der Waals surface area contributed by atoms with Crippen LogP contribution in [0.1, 0.15) is 5.56 Å². The minimum Gasteiger partial charge on any atom is -0.496 e. The lowest BCUT2D eigenvalue weighted by Crippen LogP contribution is -1.91. The van der Waals surface area contributed by atoms with E-state index in [0.29, 0.717) is 5.02 Å². The van der Waals surface area contributed by atoms with Gasteiger partial charge in [-0.2, -0.15) is 0 Å². The zero-order chi connectivity index (χ0) is 12.3. The fourth-order valence-electron chi connectivity index (χ4n) is 1.67. The van der Waals surface area contributed by atoms with Crippen molar-refractivity contribution in [1.29, 1.82) is 0 Å². The van der Waals surface area contributed by atoms with Gasteiger partial charge in [0.1, 0.15) is 5.75 Å². The first-order chi connectivity index (χ1) is 8.24. The van der Waals surface area contributed by atoms with Crippen LogP contribution in [0.4, 0.5) is 0 Å². The van der Waals surface area contributed by atoms with Crippen LogP contribution in [0.2, 0.25) is 5.02 Å². The van der Waals surface area contributed by atoms with Gasteiger partial charge < -0.3 is 9.84 Å². The summed E-state index contributed by atoms with van der Waals surface area (Å²) >= 11 is 6.00. The van der Waals surface area contributed by atoms with Crippen LogP contribution >= 0.6 is 11.6 Å². The standard InChI is InChI=1S/C13H12ClNO2/c1-17-13-2-3-15-7-12(13)10-4-9(8-16)5-11(14)6-10/h2-7,16H,8H2,1H3. The number of methoxy groups -OCH3 is 1. The predicted molar refractivity (Wildman–Crippen MR) is 67.2 cm³/mol. The molecule has 1 aromatic heterocycles. The Morgan fingerprint density at radius 2 is 2.18 bits per heavy atom. The van der Waals surface area contributed by atoms with Gasteiger partial charge in [-0.3, -0.25) is 4.98 Å². The van der Waals surface area contributed by atoms with Gasteiger partial charge in [0.15, 0.2) is 0 Å². The van der Waals surface area contributed by atoms with Crippen molar-refractivity contribution >= 4 is 11.6 Å². The number of pyridine rings is 1. The number of aliphatic hydroxyl groups is 1. The number of aromatic nitrogens is 1. The Hall–Kier alpha value is -1.58. The van der Waals surface area contributed by atoms with Crippen molar-refractivity contribution in [2.45, 2.75) is 6.61 Å². The molecule has 0 saturated carbocycles. The number of nitrogens with zero attached hydrogens (tertiary/aromatic N) is 1. The monoisotopic (exact) mass is 249 g/mol. The number of rotatable bonds is 3. The second-order valence-corrected chi connectivity index (χ2v) is 4.02. The molecule has 0 saturated heterocycles. The SMILES string of the molecule is COc1ccncc1-c1cc(Cl)cc(CO)c1. The first kappa shape index (κ1) is 11.9. The zero-order valence-corrected chi connectivity index (χ0v) is 10.1. The second-order valence-electron chi connectivity index (χ2n) is 3.58. The zero-order valence-electron chi connectivity index (χ0n) is 9.35. The van der Waals surface area contributed by atoms with Gasteiger partial charge >= 0.3 is 0 Å². The van der Waals surface area contributed by atoms with E-state index in [-0.39, 0.29) is 6.61 Å². The minimum absolute atomic E-state index is 0.0455. The number of aliphatic hydroxyl groups excluding tert-OH is 1. The van der Waals surface area contributed by atoms with Crippen molar-refractivity contribution < 1.29 is 9.84 Å². The molecule has 1 aromatic carbocycles. The molecule has 0 radical (unpaired) electrons. The molecule has 0 bridgehead atoms. The lowest BCUT2D eigenvalue weighted by atomic mass is 10.0. The molecule has 0 aliphatic carbocycles. The summed E-state index contributed by atoms with van der Waals surface area (Å²) in [6.45, 7) is -0.0455. The molecule has 2 rings (SSSR count). The Morgan fingerprint density at radius 3 is 2.88 bits per heavy atom. The van der Waals surface area contributed by atoms with Gasteiger partial charge in [-0.25, -0.2) is 0 Å². The van der Waals surface area contributed by atoms with Gasteiger partial charge in [0.2, 0.25) is 0 Å². The maximum atomic E-state index is 9.15. The normalized spacial score (nSPS) is 10.3. The molecule has 4 heteroatoms. The highest BCUT2D eigenvalue weighted by molar-refractivity contribution is 6.31. The van der Waals surface area contributed by atoms with E-state index < -0.39 is 0 Å². The Kier molecular flexibility index (Phi) is 3.61. The third-order valence-corrected chi connectivity index (χ3v) is 2.67. The summed E-state index contributed by atoms with van der Waals surface area (Å²) < 4.78 is 5.27. The van der Waals surface area contributed by atoms with Crippen molar-refractivity contribution in [2.75, 3.05) is 7.11 Å². The summed E-state index contributed by atoms with van der Waals surface area (Å²) in [5.41, 5.74) is 2.50. The third kappa shape index (κ3) is 2.57. The highest BCUT2D eigenvalue weighted by Crippen LogP contribution is 2.31. The molecule has 3 nitrogen and oxygen atoms in total. The van der Waals surface area contributed by atoms with Crippen molar-refractivity contribution in [1.82, 2.24) is 4.98 Å². The average molecular weight is 250 g/mol. The van der Waals surface area contributed by atoms with Gasteiger partial charge in [-0.1, -0.05) is 11.6 Å². The molecular formula is C13H12ClNO2. The van der Waals surface area contributed by atoms with Crippen molar-refractivity contribution in [2.24, 2.45) is 0 Å². The molecule has 88 valence electrons. The highest BCUT2D eigenvalue weighted by Gasteiger charge is 2.07. The Bertz CT molecular complexity index is 529. The van der Waals surface area contributed by atoms with Crippen LogP contribution in [0.5, 0.6) is 5.75 Å². The van der Waals surface area contributed by atoms with Crippen LogP contribution in [-0.4, -0.2) is 17.2 Å². The third-order valence-electron chi connectivity index (χ3n) is 2.45. The van der Waals surface area contributed by atoms with E-state index in [1.807, 2.05) is 12.1 Å². The van der Waals surface area contributed by atoms with E-state index in [1.54, 1.807) is 31.6 Å². The smallest absolute Gasteiger partial charge is 0.129 e. The number of halogens is 1. The molecule has 1 heterocycles. The van der Waals surface area contributed by atoms with E-state index in [2.05, 4.69) is 4.98 Å². The lowest BCUT2D eigenvalue weighted by molar-refractivity contribution is 0.282. The summed E-state index contributed by atoms with van der Waals surface area (Å²) in [6, 6.07) is 7.20. The van der Waals surface area contributed by atoms with Gasteiger partial charge in [0.25, 0.3) is 0 Å². The van der Waals surface area contributed by atoms with Crippen LogP contribution in [0.3, 0.4) is 0 Å². The Labute approximate surface area is 105 Å². The van der Waals surface area contributed by atoms with Crippen molar-refractivity contribution in [3.63, 3.8) is 0 Å². The summed E-state index contributed by atoms with van der Waals surface area (Å²) in [5.74, 6) is 0.728. The maximum Gasteiger partial charge on any atom is 0.129 e. The van der Waals surface area contributed by atoms with Crippen LogP contribution in [-0.2, 0) is 6.61 Å². The first-order valence-corrected chi connectivity index (χ1v) is 5.51. The molecule has 0 spiro atoms. The number of hydrogen-bond acceptors (Lipinski definition) is 3. The van der Waals surface area contributed by atoms with Crippen LogP contribution in [0, 0.1) is 0 Å². The van der Waals surface area contributed by atoms with Crippen molar-refractivity contribution in [3.8, 4) is 16.9 Å². The maximum absolute atomic E-state index is 9.15. The lowest BCUT2D eigenvalue weighted by Gasteiger charge is -2.09. The van der Waals surface area contributed by atoms with Gasteiger partial charge in [0, 0.05) is 23.0 Å². The topological polar surface area (TPSA) is 42.4 Å². The molecular weight excluding hydrogens is 238 g/mol. The quantitative estimate of drug-likeness (QED) is 0.910. The van der Waals surface area contributed by atoms with E-state index in [4.69, 9.17) is 21.4 Å². The molecule has 0 amide bonds. The second kappa shape index (κ2) is 5.17. The highest BCUT2D eigenvalue weighted by atomic mass is 35.5. The van der Waals surface area contributed by atoms with Gasteiger partial charge in [-0.15, -0.1) is 0 Å². The average Bonchev–Trinajstić information content (AvgIpc) is 2.37. The first-order valence-electron chi connectivity index (χ1n) is 5.13. The van der Waals surface area contributed by atoms with Crippen LogP contribution in [0.25, 0.3) is 11.1 Å². The van der Waals surface area contributed by atoms with Crippen LogP contribution in [0.15, 0.2) is 36.7 Å². The fourth-order valence-corrected chi connectivity index (χ4v) is 1.93. The summed E-state index contributed by atoms with van der Waals surface area (Å²) in [6.07, 6.45) is 3.38. The Morgan fingerprint density at radius 1 is 1.35 bits per heavy atom. The molecule has 2 aromatic rings. The number of hydrogen-bond donors (Lipinski definition) is 1. The number of benzene rings is 1. The van der Waals surface area contributed by atoms with Crippen LogP contribution < -0.4 is 4.74 Å². The minimum atomic E-state index is -0.0455. The van der Waals surface area contributed by atoms with Gasteiger partial charge in [-0.05, 0) is 35.4 Å². The molecule has 0 aliphatic rings. The molecule has 0 fully saturated rings. The largest absolute Gasteiger partial charge is 0.496 e. The van der Waals surface area contributed by atoms with E-state index >= 15 is 0 Å². The molecule has 17 heavy (non-hydrogen) atoms. The molecule has 0 unspecified atom stereocenters.